The molecule has 1 amide bonds. The zero-order valence-electron chi connectivity index (χ0n) is 15.0. The Morgan fingerprint density at radius 3 is 3.08 bits per heavy atom. The van der Waals surface area contributed by atoms with Gasteiger partial charge in [0.15, 0.2) is 0 Å². The van der Waals surface area contributed by atoms with Crippen LogP contribution in [-0.4, -0.2) is 37.1 Å². The molecule has 0 unspecified atom stereocenters. The van der Waals surface area contributed by atoms with Crippen molar-refractivity contribution in [1.29, 1.82) is 0 Å². The lowest BCUT2D eigenvalue weighted by molar-refractivity contribution is 0.0729. The number of hydrogen-bond acceptors (Lipinski definition) is 3. The van der Waals surface area contributed by atoms with Gasteiger partial charge in [0.1, 0.15) is 11.6 Å². The summed E-state index contributed by atoms with van der Waals surface area (Å²) in [7, 11) is 0. The van der Waals surface area contributed by atoms with Crippen molar-refractivity contribution in [2.75, 3.05) is 6.54 Å². The van der Waals surface area contributed by atoms with Gasteiger partial charge in [-0.3, -0.25) is 9.48 Å². The molecule has 0 radical (unpaired) electrons. The molecular weight excluding hydrogens is 333 g/mol. The summed E-state index contributed by atoms with van der Waals surface area (Å²) in [6.07, 6.45) is 4.57. The molecule has 1 fully saturated rings. The van der Waals surface area contributed by atoms with Crippen LogP contribution in [0.3, 0.4) is 0 Å². The smallest absolute Gasteiger partial charge is 0.257 e. The molecule has 1 aliphatic rings. The summed E-state index contributed by atoms with van der Waals surface area (Å²) in [5, 5.41) is 4.44. The minimum atomic E-state index is -0.300. The number of aryl methyl sites for hydroxylation is 2. The molecule has 7 heteroatoms. The van der Waals surface area contributed by atoms with Crippen LogP contribution in [0.5, 0.6) is 0 Å². The third-order valence-electron chi connectivity index (χ3n) is 4.92. The van der Waals surface area contributed by atoms with Gasteiger partial charge in [0.25, 0.3) is 5.91 Å². The fourth-order valence-corrected chi connectivity index (χ4v) is 3.68. The average Bonchev–Trinajstić information content (AvgIpc) is 3.31. The molecule has 1 saturated heterocycles. The van der Waals surface area contributed by atoms with Crippen LogP contribution in [-0.2, 0) is 6.54 Å². The molecule has 0 aliphatic carbocycles. The number of nitrogens with zero attached hydrogens (tertiary/aromatic N) is 4. The quantitative estimate of drug-likeness (QED) is 0.778. The number of likely N-dealkylation sites (tertiary alicyclic amines) is 1. The molecule has 1 N–H and O–H groups in total. The van der Waals surface area contributed by atoms with E-state index in [9.17, 15) is 9.18 Å². The van der Waals surface area contributed by atoms with Crippen molar-refractivity contribution < 1.29 is 9.18 Å². The molecule has 4 rings (SSSR count). The summed E-state index contributed by atoms with van der Waals surface area (Å²) in [6, 6.07) is 4.37. The van der Waals surface area contributed by atoms with Crippen molar-refractivity contribution in [2.45, 2.75) is 45.7 Å². The maximum atomic E-state index is 13.4. The van der Waals surface area contributed by atoms with Crippen LogP contribution in [0, 0.1) is 12.7 Å². The number of amides is 1. The number of fused-ring (bicyclic) bond motifs is 1. The fourth-order valence-electron chi connectivity index (χ4n) is 3.68. The summed E-state index contributed by atoms with van der Waals surface area (Å²) in [5.41, 5.74) is 2.77. The fraction of sp³-hybridized carbons (Fsp3) is 0.421. The van der Waals surface area contributed by atoms with E-state index in [2.05, 4.69) is 22.0 Å². The first-order valence-corrected chi connectivity index (χ1v) is 9.07. The Morgan fingerprint density at radius 1 is 1.42 bits per heavy atom. The van der Waals surface area contributed by atoms with Crippen LogP contribution in [0.1, 0.15) is 54.1 Å². The minimum Gasteiger partial charge on any atom is -0.340 e. The lowest BCUT2D eigenvalue weighted by Gasteiger charge is -2.22. The molecule has 3 heterocycles. The lowest BCUT2D eigenvalue weighted by atomic mass is 10.2. The number of halogens is 1. The maximum Gasteiger partial charge on any atom is 0.257 e. The van der Waals surface area contributed by atoms with E-state index in [0.717, 1.165) is 37.3 Å². The number of aromatic amines is 1. The lowest BCUT2D eigenvalue weighted by Crippen LogP contribution is -2.31. The zero-order chi connectivity index (χ0) is 18.3. The number of carbonyl (C=O) groups excluding carboxylic acids is 1. The van der Waals surface area contributed by atoms with Crippen molar-refractivity contribution in [1.82, 2.24) is 24.6 Å². The number of imidazole rings is 1. The standard InChI is InChI=1S/C19H22FN5O/c1-3-8-24-11-14(12(2)23-24)19(26)25-9-4-5-17(25)18-21-15-7-6-13(20)10-16(15)22-18/h6-7,10-11,17H,3-5,8-9H2,1-2H3,(H,21,22)/t17-/m0/s1. The van der Waals surface area contributed by atoms with Crippen LogP contribution in [0.15, 0.2) is 24.4 Å². The number of nitrogens with one attached hydrogen (secondary N) is 1. The summed E-state index contributed by atoms with van der Waals surface area (Å²) in [4.78, 5) is 22.7. The minimum absolute atomic E-state index is 0.0148. The summed E-state index contributed by atoms with van der Waals surface area (Å²) in [5.74, 6) is 0.403. The van der Waals surface area contributed by atoms with E-state index in [1.807, 2.05) is 22.7 Å². The number of benzene rings is 1. The van der Waals surface area contributed by atoms with Gasteiger partial charge in [-0.25, -0.2) is 9.37 Å². The predicted molar refractivity (Wildman–Crippen MR) is 96.3 cm³/mol. The Kier molecular flexibility index (Phi) is 4.22. The first-order chi connectivity index (χ1) is 12.6. The topological polar surface area (TPSA) is 66.8 Å². The predicted octanol–water partition coefficient (Wildman–Crippen LogP) is 3.59. The molecule has 2 aromatic heterocycles. The van der Waals surface area contributed by atoms with Gasteiger partial charge in [-0.2, -0.15) is 5.10 Å². The summed E-state index contributed by atoms with van der Waals surface area (Å²) < 4.78 is 15.3. The number of H-pyrrole nitrogens is 1. The SMILES string of the molecule is CCCn1cc(C(=O)N2CCC[C@H]2c2nc3ccc(F)cc3[nH]2)c(C)n1. The third kappa shape index (κ3) is 2.87. The molecule has 26 heavy (non-hydrogen) atoms. The Balaban J connectivity index is 1.64. The van der Waals surface area contributed by atoms with E-state index in [1.165, 1.54) is 12.1 Å². The van der Waals surface area contributed by atoms with Gasteiger partial charge in [-0.15, -0.1) is 0 Å². The van der Waals surface area contributed by atoms with E-state index in [-0.39, 0.29) is 17.8 Å². The normalized spacial score (nSPS) is 17.3. The van der Waals surface area contributed by atoms with Crippen molar-refractivity contribution >= 4 is 16.9 Å². The zero-order valence-corrected chi connectivity index (χ0v) is 15.0. The average molecular weight is 355 g/mol. The van der Waals surface area contributed by atoms with Gasteiger partial charge in [0.2, 0.25) is 0 Å². The third-order valence-corrected chi connectivity index (χ3v) is 4.92. The molecule has 0 saturated carbocycles. The summed E-state index contributed by atoms with van der Waals surface area (Å²) in [6.45, 7) is 5.44. The molecule has 136 valence electrons. The molecule has 1 aliphatic heterocycles. The first kappa shape index (κ1) is 16.8. The number of carbonyl (C=O) groups is 1. The second-order valence-electron chi connectivity index (χ2n) is 6.83. The van der Waals surface area contributed by atoms with Crippen LogP contribution in [0.2, 0.25) is 0 Å². The Hall–Kier alpha value is -2.70. The molecule has 0 bridgehead atoms. The second-order valence-corrected chi connectivity index (χ2v) is 6.83. The highest BCUT2D eigenvalue weighted by atomic mass is 19.1. The van der Waals surface area contributed by atoms with Gasteiger partial charge < -0.3 is 9.88 Å². The number of rotatable bonds is 4. The van der Waals surface area contributed by atoms with E-state index in [4.69, 9.17) is 0 Å². The van der Waals surface area contributed by atoms with E-state index in [1.54, 1.807) is 6.07 Å². The van der Waals surface area contributed by atoms with Gasteiger partial charge in [-0.1, -0.05) is 6.92 Å². The second kappa shape index (κ2) is 6.55. The molecule has 1 atom stereocenters. The highest BCUT2D eigenvalue weighted by Crippen LogP contribution is 2.33. The Labute approximate surface area is 151 Å². The molecule has 3 aromatic rings. The monoisotopic (exact) mass is 355 g/mol. The van der Waals surface area contributed by atoms with Crippen molar-refractivity contribution in [3.63, 3.8) is 0 Å². The molecular formula is C19H22FN5O. The van der Waals surface area contributed by atoms with Crippen LogP contribution >= 0.6 is 0 Å². The number of aromatic nitrogens is 4. The largest absolute Gasteiger partial charge is 0.340 e. The highest BCUT2D eigenvalue weighted by Gasteiger charge is 2.34. The van der Waals surface area contributed by atoms with E-state index < -0.39 is 0 Å². The maximum absolute atomic E-state index is 13.4. The summed E-state index contributed by atoms with van der Waals surface area (Å²) >= 11 is 0. The van der Waals surface area contributed by atoms with Crippen molar-refractivity contribution in [3.8, 4) is 0 Å². The Morgan fingerprint density at radius 2 is 2.27 bits per heavy atom. The van der Waals surface area contributed by atoms with Crippen LogP contribution < -0.4 is 0 Å². The molecule has 0 spiro atoms. The van der Waals surface area contributed by atoms with E-state index >= 15 is 0 Å². The number of hydrogen-bond donors (Lipinski definition) is 1. The van der Waals surface area contributed by atoms with Crippen LogP contribution in [0.25, 0.3) is 11.0 Å². The first-order valence-electron chi connectivity index (χ1n) is 9.07. The Bertz CT molecular complexity index is 960. The highest BCUT2D eigenvalue weighted by molar-refractivity contribution is 5.95. The van der Waals surface area contributed by atoms with Crippen molar-refractivity contribution in [3.05, 3.63) is 47.3 Å². The van der Waals surface area contributed by atoms with Crippen LogP contribution in [0.4, 0.5) is 4.39 Å². The molecule has 6 nitrogen and oxygen atoms in total. The van der Waals surface area contributed by atoms with Crippen molar-refractivity contribution in [2.24, 2.45) is 0 Å². The van der Waals surface area contributed by atoms with Gasteiger partial charge >= 0.3 is 0 Å². The van der Waals surface area contributed by atoms with Gasteiger partial charge in [0.05, 0.1) is 28.3 Å². The molecule has 1 aromatic carbocycles. The van der Waals surface area contributed by atoms with Gasteiger partial charge in [0, 0.05) is 19.3 Å². The van der Waals surface area contributed by atoms with E-state index in [0.29, 0.717) is 23.1 Å². The van der Waals surface area contributed by atoms with Gasteiger partial charge in [-0.05, 0) is 44.4 Å².